The van der Waals surface area contributed by atoms with Crippen molar-refractivity contribution in [1.29, 1.82) is 0 Å². The number of methoxy groups -OCH3 is 1. The Labute approximate surface area is 172 Å². The molecule has 4 rings (SSSR count). The van der Waals surface area contributed by atoms with Crippen molar-refractivity contribution in [3.63, 3.8) is 0 Å². The normalized spacial score (nSPS) is 10.7. The lowest BCUT2D eigenvalue weighted by molar-refractivity contribution is 0.306. The molecule has 5 nitrogen and oxygen atoms in total. The van der Waals surface area contributed by atoms with Gasteiger partial charge >= 0.3 is 0 Å². The second kappa shape index (κ2) is 8.29. The fourth-order valence-corrected chi connectivity index (χ4v) is 3.04. The summed E-state index contributed by atoms with van der Waals surface area (Å²) in [4.78, 5) is 12.8. The molecular formula is C23H17ClO5. The number of fused-ring (bicyclic) bond motifs is 1. The summed E-state index contributed by atoms with van der Waals surface area (Å²) in [5, 5.41) is 1.03. The van der Waals surface area contributed by atoms with E-state index < -0.39 is 0 Å². The van der Waals surface area contributed by atoms with Crippen LogP contribution in [0.25, 0.3) is 11.0 Å². The first kappa shape index (κ1) is 18.9. The van der Waals surface area contributed by atoms with Crippen molar-refractivity contribution in [1.82, 2.24) is 0 Å². The standard InChI is InChI=1S/C23H17ClO5/c1-26-19-8-4-5-9-20(19)29-22-14-28-21-12-16(10-11-17(21)23(22)25)27-13-15-6-2-3-7-18(15)24/h2-12,14H,13H2,1H3. The SMILES string of the molecule is COc1ccccc1Oc1coc2cc(OCc3ccccc3Cl)ccc2c1=O. The number of ether oxygens (including phenoxy) is 3. The first-order valence-electron chi connectivity index (χ1n) is 8.88. The first-order valence-corrected chi connectivity index (χ1v) is 9.26. The first-order chi connectivity index (χ1) is 14.2. The van der Waals surface area contributed by atoms with Gasteiger partial charge in [0.05, 0.1) is 12.5 Å². The van der Waals surface area contributed by atoms with Gasteiger partial charge in [0.25, 0.3) is 0 Å². The summed E-state index contributed by atoms with van der Waals surface area (Å²) in [5.74, 6) is 1.60. The van der Waals surface area contributed by atoms with Crippen LogP contribution in [-0.2, 0) is 6.61 Å². The monoisotopic (exact) mass is 408 g/mol. The average Bonchev–Trinajstić information content (AvgIpc) is 2.75. The molecule has 0 saturated carbocycles. The van der Waals surface area contributed by atoms with Gasteiger partial charge in [-0.25, -0.2) is 0 Å². The van der Waals surface area contributed by atoms with Crippen LogP contribution in [0, 0.1) is 0 Å². The molecule has 0 aliphatic rings. The van der Waals surface area contributed by atoms with E-state index in [-0.39, 0.29) is 11.2 Å². The van der Waals surface area contributed by atoms with Crippen LogP contribution in [0.4, 0.5) is 0 Å². The van der Waals surface area contributed by atoms with Crippen LogP contribution >= 0.6 is 11.6 Å². The van der Waals surface area contributed by atoms with Gasteiger partial charge in [0.2, 0.25) is 11.2 Å². The van der Waals surface area contributed by atoms with E-state index in [2.05, 4.69) is 0 Å². The highest BCUT2D eigenvalue weighted by Crippen LogP contribution is 2.31. The summed E-state index contributed by atoms with van der Waals surface area (Å²) in [6, 6.07) is 19.6. The lowest BCUT2D eigenvalue weighted by Gasteiger charge is -2.10. The molecule has 0 amide bonds. The number of benzene rings is 3. The van der Waals surface area contributed by atoms with E-state index in [0.717, 1.165) is 5.56 Å². The Balaban J connectivity index is 1.58. The molecule has 146 valence electrons. The third-order valence-corrected chi connectivity index (χ3v) is 4.72. The Hall–Kier alpha value is -3.44. The van der Waals surface area contributed by atoms with Gasteiger partial charge in [-0.2, -0.15) is 0 Å². The van der Waals surface area contributed by atoms with Crippen molar-refractivity contribution in [2.24, 2.45) is 0 Å². The van der Waals surface area contributed by atoms with Crippen molar-refractivity contribution >= 4 is 22.6 Å². The molecule has 6 heteroatoms. The maximum Gasteiger partial charge on any atom is 0.235 e. The van der Waals surface area contributed by atoms with E-state index in [9.17, 15) is 4.79 Å². The maximum atomic E-state index is 12.8. The van der Waals surface area contributed by atoms with Crippen LogP contribution in [-0.4, -0.2) is 7.11 Å². The molecule has 0 N–H and O–H groups in total. The van der Waals surface area contributed by atoms with Gasteiger partial charge in [-0.15, -0.1) is 0 Å². The fourth-order valence-electron chi connectivity index (χ4n) is 2.85. The number of halogens is 1. The quantitative estimate of drug-likeness (QED) is 0.402. The molecule has 29 heavy (non-hydrogen) atoms. The Bertz CT molecular complexity index is 1220. The van der Waals surface area contributed by atoms with E-state index >= 15 is 0 Å². The van der Waals surface area contributed by atoms with Crippen LogP contribution in [0.15, 0.2) is 82.2 Å². The summed E-state index contributed by atoms with van der Waals surface area (Å²) in [6.07, 6.45) is 1.29. The van der Waals surface area contributed by atoms with Crippen molar-refractivity contribution in [3.8, 4) is 23.0 Å². The van der Waals surface area contributed by atoms with E-state index in [0.29, 0.717) is 39.8 Å². The third-order valence-electron chi connectivity index (χ3n) is 4.36. The highest BCUT2D eigenvalue weighted by Gasteiger charge is 2.12. The fraction of sp³-hybridized carbons (Fsp3) is 0.0870. The Kier molecular flexibility index (Phi) is 5.40. The predicted octanol–water partition coefficient (Wildman–Crippen LogP) is 5.83. The highest BCUT2D eigenvalue weighted by atomic mass is 35.5. The van der Waals surface area contributed by atoms with Gasteiger partial charge in [0.15, 0.2) is 11.5 Å². The average molecular weight is 409 g/mol. The number of rotatable bonds is 6. The van der Waals surface area contributed by atoms with Crippen LogP contribution < -0.4 is 19.6 Å². The molecule has 0 radical (unpaired) electrons. The molecule has 0 saturated heterocycles. The Morgan fingerprint density at radius 3 is 2.48 bits per heavy atom. The van der Waals surface area contributed by atoms with Gasteiger partial charge in [-0.05, 0) is 30.3 Å². The van der Waals surface area contributed by atoms with Crippen molar-refractivity contribution in [2.45, 2.75) is 6.61 Å². The van der Waals surface area contributed by atoms with Gasteiger partial charge in [0.1, 0.15) is 24.2 Å². The molecule has 4 aromatic rings. The molecule has 0 aliphatic carbocycles. The molecule has 0 bridgehead atoms. The molecule has 0 unspecified atom stereocenters. The maximum absolute atomic E-state index is 12.8. The minimum atomic E-state index is -0.283. The zero-order valence-corrected chi connectivity index (χ0v) is 16.3. The van der Waals surface area contributed by atoms with Crippen molar-refractivity contribution in [3.05, 3.63) is 93.8 Å². The van der Waals surface area contributed by atoms with Crippen LogP contribution in [0.5, 0.6) is 23.0 Å². The largest absolute Gasteiger partial charge is 0.493 e. The van der Waals surface area contributed by atoms with Crippen LogP contribution in [0.2, 0.25) is 5.02 Å². The van der Waals surface area contributed by atoms with Gasteiger partial charge in [-0.1, -0.05) is 41.9 Å². The molecule has 3 aromatic carbocycles. The van der Waals surface area contributed by atoms with Crippen LogP contribution in [0.3, 0.4) is 0 Å². The molecule has 0 aliphatic heterocycles. The number of para-hydroxylation sites is 2. The van der Waals surface area contributed by atoms with E-state index in [4.69, 9.17) is 30.2 Å². The Morgan fingerprint density at radius 2 is 1.69 bits per heavy atom. The van der Waals surface area contributed by atoms with Gasteiger partial charge in [0, 0.05) is 16.7 Å². The highest BCUT2D eigenvalue weighted by molar-refractivity contribution is 6.31. The summed E-state index contributed by atoms with van der Waals surface area (Å²) in [7, 11) is 1.54. The number of hydrogen-bond donors (Lipinski definition) is 0. The molecule has 0 fully saturated rings. The minimum absolute atomic E-state index is 0.0757. The van der Waals surface area contributed by atoms with E-state index in [1.807, 2.05) is 30.3 Å². The minimum Gasteiger partial charge on any atom is -0.493 e. The number of hydrogen-bond acceptors (Lipinski definition) is 5. The van der Waals surface area contributed by atoms with E-state index in [1.165, 1.54) is 13.4 Å². The summed E-state index contributed by atoms with van der Waals surface area (Å²) in [6.45, 7) is 0.310. The molecular weight excluding hydrogens is 392 g/mol. The molecule has 0 atom stereocenters. The van der Waals surface area contributed by atoms with Gasteiger partial charge in [-0.3, -0.25) is 4.79 Å². The topological polar surface area (TPSA) is 57.9 Å². The predicted molar refractivity (Wildman–Crippen MR) is 111 cm³/mol. The van der Waals surface area contributed by atoms with Crippen LogP contribution in [0.1, 0.15) is 5.56 Å². The Morgan fingerprint density at radius 1 is 0.931 bits per heavy atom. The lowest BCUT2D eigenvalue weighted by atomic mass is 10.2. The second-order valence-corrected chi connectivity index (χ2v) is 6.63. The van der Waals surface area contributed by atoms with E-state index in [1.54, 1.807) is 36.4 Å². The summed E-state index contributed by atoms with van der Waals surface area (Å²) < 4.78 is 22.4. The van der Waals surface area contributed by atoms with Crippen molar-refractivity contribution < 1.29 is 18.6 Å². The van der Waals surface area contributed by atoms with Gasteiger partial charge < -0.3 is 18.6 Å². The molecule has 1 heterocycles. The second-order valence-electron chi connectivity index (χ2n) is 6.22. The zero-order valence-electron chi connectivity index (χ0n) is 15.6. The smallest absolute Gasteiger partial charge is 0.235 e. The lowest BCUT2D eigenvalue weighted by Crippen LogP contribution is -2.05. The molecule has 0 spiro atoms. The third kappa shape index (κ3) is 4.05. The zero-order chi connectivity index (χ0) is 20.2. The van der Waals surface area contributed by atoms with Crippen molar-refractivity contribution in [2.75, 3.05) is 7.11 Å². The summed E-state index contributed by atoms with van der Waals surface area (Å²) >= 11 is 6.15. The molecule has 1 aromatic heterocycles. The summed E-state index contributed by atoms with van der Waals surface area (Å²) in [5.41, 5.74) is 0.991.